The Morgan fingerprint density at radius 1 is 1.10 bits per heavy atom. The smallest absolute Gasteiger partial charge is 0.226 e. The molecule has 1 aliphatic carbocycles. The molecule has 0 radical (unpaired) electrons. The molecule has 31 heavy (non-hydrogen) atoms. The minimum Gasteiger partial charge on any atom is -0.353 e. The second-order valence-corrected chi connectivity index (χ2v) is 9.48. The van der Waals surface area contributed by atoms with Gasteiger partial charge in [-0.15, -0.1) is 0 Å². The summed E-state index contributed by atoms with van der Waals surface area (Å²) in [5.74, 6) is 0.636. The largest absolute Gasteiger partial charge is 0.353 e. The van der Waals surface area contributed by atoms with E-state index in [1.54, 1.807) is 6.20 Å². The Kier molecular flexibility index (Phi) is 6.40. The lowest BCUT2D eigenvalue weighted by atomic mass is 9.72. The van der Waals surface area contributed by atoms with Gasteiger partial charge < -0.3 is 10.2 Å². The standard InChI is InChI=1S/C26H33N3O2/c1-19(2)28-25(31)26(12-15-29(16-13-26)24(30)22-5-3-6-22)17-20-8-10-21(11-9-20)23-7-4-14-27-18-23/h4,7-11,14,18-19,22H,3,5-6,12-13,15-17H2,1-2H3,(H,28,31). The summed E-state index contributed by atoms with van der Waals surface area (Å²) >= 11 is 0. The molecule has 2 fully saturated rings. The summed E-state index contributed by atoms with van der Waals surface area (Å²) < 4.78 is 0. The Morgan fingerprint density at radius 3 is 2.35 bits per heavy atom. The summed E-state index contributed by atoms with van der Waals surface area (Å²) in [5, 5.41) is 3.15. The number of rotatable bonds is 6. The summed E-state index contributed by atoms with van der Waals surface area (Å²) in [5.41, 5.74) is 2.91. The maximum Gasteiger partial charge on any atom is 0.226 e. The summed E-state index contributed by atoms with van der Waals surface area (Å²) in [4.78, 5) is 32.2. The average Bonchev–Trinajstić information content (AvgIpc) is 2.73. The van der Waals surface area contributed by atoms with Crippen LogP contribution in [0.3, 0.4) is 0 Å². The zero-order valence-electron chi connectivity index (χ0n) is 18.6. The van der Waals surface area contributed by atoms with E-state index in [0.717, 1.165) is 29.5 Å². The molecule has 2 amide bonds. The third kappa shape index (κ3) is 4.81. The number of nitrogens with one attached hydrogen (secondary N) is 1. The van der Waals surface area contributed by atoms with Crippen molar-refractivity contribution >= 4 is 11.8 Å². The lowest BCUT2D eigenvalue weighted by molar-refractivity contribution is -0.145. The monoisotopic (exact) mass is 419 g/mol. The van der Waals surface area contributed by atoms with Crippen molar-refractivity contribution in [2.75, 3.05) is 13.1 Å². The normalized spacial score (nSPS) is 18.5. The van der Waals surface area contributed by atoms with Gasteiger partial charge in [0.1, 0.15) is 0 Å². The fourth-order valence-corrected chi connectivity index (χ4v) is 4.71. The number of pyridine rings is 1. The third-order valence-electron chi connectivity index (χ3n) is 6.88. The van der Waals surface area contributed by atoms with Gasteiger partial charge in [0.15, 0.2) is 0 Å². The van der Waals surface area contributed by atoms with Crippen molar-refractivity contribution < 1.29 is 9.59 Å². The molecule has 1 saturated heterocycles. The predicted octanol–water partition coefficient (Wildman–Crippen LogP) is 4.22. The second-order valence-electron chi connectivity index (χ2n) is 9.48. The van der Waals surface area contributed by atoms with Crippen LogP contribution in [-0.2, 0) is 16.0 Å². The molecule has 0 spiro atoms. The molecule has 5 nitrogen and oxygen atoms in total. The van der Waals surface area contributed by atoms with Crippen LogP contribution in [0.15, 0.2) is 48.8 Å². The number of piperidine rings is 1. The van der Waals surface area contributed by atoms with E-state index in [1.165, 1.54) is 6.42 Å². The van der Waals surface area contributed by atoms with Crippen molar-refractivity contribution in [1.29, 1.82) is 0 Å². The Bertz CT molecular complexity index is 896. The lowest BCUT2D eigenvalue weighted by Gasteiger charge is -2.43. The topological polar surface area (TPSA) is 62.3 Å². The molecular weight excluding hydrogens is 386 g/mol. The molecule has 0 atom stereocenters. The fraction of sp³-hybridized carbons (Fsp3) is 0.500. The highest BCUT2D eigenvalue weighted by atomic mass is 16.2. The second kappa shape index (κ2) is 9.21. The highest BCUT2D eigenvalue weighted by Crippen LogP contribution is 2.38. The van der Waals surface area contributed by atoms with Crippen LogP contribution in [0.2, 0.25) is 0 Å². The molecule has 164 valence electrons. The van der Waals surface area contributed by atoms with Crippen LogP contribution in [0.1, 0.15) is 51.5 Å². The van der Waals surface area contributed by atoms with E-state index >= 15 is 0 Å². The minimum absolute atomic E-state index is 0.104. The molecule has 2 aromatic rings. The van der Waals surface area contributed by atoms with Crippen LogP contribution in [-0.4, -0.2) is 40.8 Å². The summed E-state index contributed by atoms with van der Waals surface area (Å²) in [6.45, 7) is 5.36. The van der Waals surface area contributed by atoms with E-state index < -0.39 is 5.41 Å². The first-order chi connectivity index (χ1) is 15.0. The molecule has 5 heteroatoms. The molecule has 0 unspecified atom stereocenters. The molecule has 1 aromatic carbocycles. The number of carbonyl (C=O) groups excluding carboxylic acids is 2. The van der Waals surface area contributed by atoms with Crippen molar-refractivity contribution in [1.82, 2.24) is 15.2 Å². The molecule has 4 rings (SSSR count). The Balaban J connectivity index is 1.49. The Hall–Kier alpha value is -2.69. The maximum atomic E-state index is 13.3. The van der Waals surface area contributed by atoms with Gasteiger partial charge in [0, 0.05) is 37.4 Å². The number of hydrogen-bond donors (Lipinski definition) is 1. The molecular formula is C26H33N3O2. The number of carbonyl (C=O) groups is 2. The summed E-state index contributed by atoms with van der Waals surface area (Å²) in [6, 6.07) is 12.6. The van der Waals surface area contributed by atoms with Crippen LogP contribution >= 0.6 is 0 Å². The summed E-state index contributed by atoms with van der Waals surface area (Å²) in [7, 11) is 0. The fourth-order valence-electron chi connectivity index (χ4n) is 4.71. The first-order valence-electron chi connectivity index (χ1n) is 11.6. The first kappa shape index (κ1) is 21.5. The Morgan fingerprint density at radius 2 is 1.81 bits per heavy atom. The molecule has 1 aliphatic heterocycles. The van der Waals surface area contributed by atoms with Crippen LogP contribution in [0.5, 0.6) is 0 Å². The van der Waals surface area contributed by atoms with Crippen molar-refractivity contribution in [2.45, 2.75) is 58.4 Å². The van der Waals surface area contributed by atoms with Crippen LogP contribution in [0.4, 0.5) is 0 Å². The third-order valence-corrected chi connectivity index (χ3v) is 6.88. The first-order valence-corrected chi connectivity index (χ1v) is 11.6. The SMILES string of the molecule is CC(C)NC(=O)C1(Cc2ccc(-c3cccnc3)cc2)CCN(C(=O)C2CCC2)CC1. The van der Waals surface area contributed by atoms with Gasteiger partial charge in [-0.3, -0.25) is 14.6 Å². The van der Waals surface area contributed by atoms with Gasteiger partial charge in [-0.1, -0.05) is 36.8 Å². The van der Waals surface area contributed by atoms with Crippen molar-refractivity contribution in [2.24, 2.45) is 11.3 Å². The van der Waals surface area contributed by atoms with Crippen molar-refractivity contribution in [3.05, 3.63) is 54.4 Å². The number of hydrogen-bond acceptors (Lipinski definition) is 3. The average molecular weight is 420 g/mol. The minimum atomic E-state index is -0.462. The molecule has 1 N–H and O–H groups in total. The van der Waals surface area contributed by atoms with Gasteiger partial charge in [-0.2, -0.15) is 0 Å². The van der Waals surface area contributed by atoms with E-state index in [4.69, 9.17) is 0 Å². The zero-order chi connectivity index (χ0) is 21.8. The van der Waals surface area contributed by atoms with Gasteiger partial charge in [0.25, 0.3) is 0 Å². The molecule has 2 aliphatic rings. The highest BCUT2D eigenvalue weighted by molar-refractivity contribution is 5.84. The van der Waals surface area contributed by atoms with Crippen LogP contribution < -0.4 is 5.32 Å². The van der Waals surface area contributed by atoms with Crippen molar-refractivity contribution in [3.63, 3.8) is 0 Å². The molecule has 2 heterocycles. The maximum absolute atomic E-state index is 13.3. The molecule has 1 aromatic heterocycles. The predicted molar refractivity (Wildman–Crippen MR) is 122 cm³/mol. The van der Waals surface area contributed by atoms with Gasteiger partial charge in [-0.05, 0) is 68.7 Å². The quantitative estimate of drug-likeness (QED) is 0.762. The highest BCUT2D eigenvalue weighted by Gasteiger charge is 2.43. The van der Waals surface area contributed by atoms with Crippen molar-refractivity contribution in [3.8, 4) is 11.1 Å². The zero-order valence-corrected chi connectivity index (χ0v) is 18.6. The lowest BCUT2D eigenvalue weighted by Crippen LogP contribution is -2.53. The summed E-state index contributed by atoms with van der Waals surface area (Å²) in [6.07, 6.45) is 8.99. The molecule has 0 bridgehead atoms. The Labute approximate surface area is 185 Å². The van der Waals surface area contributed by atoms with E-state index in [0.29, 0.717) is 38.3 Å². The van der Waals surface area contributed by atoms with E-state index in [9.17, 15) is 9.59 Å². The van der Waals surface area contributed by atoms with Gasteiger partial charge in [0.05, 0.1) is 5.41 Å². The number of aromatic nitrogens is 1. The number of benzene rings is 1. The van der Waals surface area contributed by atoms with E-state index in [2.05, 4.69) is 40.6 Å². The van der Waals surface area contributed by atoms with Gasteiger partial charge >= 0.3 is 0 Å². The van der Waals surface area contributed by atoms with Crippen LogP contribution in [0, 0.1) is 11.3 Å². The van der Waals surface area contributed by atoms with E-state index in [-0.39, 0.29) is 17.9 Å². The number of amides is 2. The number of likely N-dealkylation sites (tertiary alicyclic amines) is 1. The van der Waals surface area contributed by atoms with Crippen LogP contribution in [0.25, 0.3) is 11.1 Å². The van der Waals surface area contributed by atoms with Gasteiger partial charge in [-0.25, -0.2) is 0 Å². The van der Waals surface area contributed by atoms with E-state index in [1.807, 2.05) is 31.0 Å². The molecule has 1 saturated carbocycles. The van der Waals surface area contributed by atoms with Gasteiger partial charge in [0.2, 0.25) is 11.8 Å². The number of nitrogens with zero attached hydrogens (tertiary/aromatic N) is 2.